The van der Waals surface area contributed by atoms with Crippen LogP contribution in [0, 0.1) is 0 Å². The molecule has 1 aliphatic carbocycles. The second-order valence-corrected chi connectivity index (χ2v) is 4.28. The molecule has 1 aromatic rings. The third-order valence-electron chi connectivity index (χ3n) is 2.95. The monoisotopic (exact) mass is 219 g/mol. The Morgan fingerprint density at radius 2 is 2.00 bits per heavy atom. The number of esters is 1. The van der Waals surface area contributed by atoms with Gasteiger partial charge in [-0.2, -0.15) is 0 Å². The van der Waals surface area contributed by atoms with E-state index in [1.165, 1.54) is 6.42 Å². The SMILES string of the molecule is Nc1ccc(CCC(=O)OC2CCC2)cc1. The number of nitrogen functional groups attached to an aromatic ring is 1. The van der Waals surface area contributed by atoms with Crippen molar-refractivity contribution in [2.75, 3.05) is 5.73 Å². The van der Waals surface area contributed by atoms with E-state index in [4.69, 9.17) is 10.5 Å². The summed E-state index contributed by atoms with van der Waals surface area (Å²) in [7, 11) is 0. The van der Waals surface area contributed by atoms with Gasteiger partial charge in [-0.15, -0.1) is 0 Å². The molecule has 1 aliphatic rings. The minimum atomic E-state index is -0.0819. The molecule has 0 radical (unpaired) electrons. The van der Waals surface area contributed by atoms with E-state index >= 15 is 0 Å². The average Bonchev–Trinajstić information content (AvgIpc) is 2.23. The summed E-state index contributed by atoms with van der Waals surface area (Å²) in [5.41, 5.74) is 7.46. The quantitative estimate of drug-likeness (QED) is 0.624. The minimum absolute atomic E-state index is 0.0819. The van der Waals surface area contributed by atoms with Crippen LogP contribution in [-0.2, 0) is 16.0 Å². The van der Waals surface area contributed by atoms with Crippen molar-refractivity contribution < 1.29 is 9.53 Å². The number of ether oxygens (including phenoxy) is 1. The summed E-state index contributed by atoms with van der Waals surface area (Å²) >= 11 is 0. The van der Waals surface area contributed by atoms with E-state index in [0.717, 1.165) is 30.5 Å². The lowest BCUT2D eigenvalue weighted by molar-refractivity contribution is -0.152. The van der Waals surface area contributed by atoms with Crippen molar-refractivity contribution in [3.63, 3.8) is 0 Å². The minimum Gasteiger partial charge on any atom is -0.462 e. The van der Waals surface area contributed by atoms with Gasteiger partial charge in [0, 0.05) is 12.1 Å². The topological polar surface area (TPSA) is 52.3 Å². The Bertz CT molecular complexity index is 355. The average molecular weight is 219 g/mol. The van der Waals surface area contributed by atoms with Crippen molar-refractivity contribution in [3.8, 4) is 0 Å². The Morgan fingerprint density at radius 1 is 1.31 bits per heavy atom. The zero-order valence-corrected chi connectivity index (χ0v) is 9.32. The molecule has 2 rings (SSSR count). The molecule has 1 aromatic carbocycles. The summed E-state index contributed by atoms with van der Waals surface area (Å²) in [6.07, 6.45) is 4.64. The van der Waals surface area contributed by atoms with Crippen LogP contribution in [0.4, 0.5) is 5.69 Å². The van der Waals surface area contributed by atoms with Crippen molar-refractivity contribution in [3.05, 3.63) is 29.8 Å². The van der Waals surface area contributed by atoms with Crippen LogP contribution >= 0.6 is 0 Å². The van der Waals surface area contributed by atoms with Crippen LogP contribution < -0.4 is 5.73 Å². The molecule has 1 fully saturated rings. The van der Waals surface area contributed by atoms with Gasteiger partial charge in [0.2, 0.25) is 0 Å². The van der Waals surface area contributed by atoms with Crippen molar-refractivity contribution in [2.24, 2.45) is 0 Å². The highest BCUT2D eigenvalue weighted by Gasteiger charge is 2.21. The van der Waals surface area contributed by atoms with Gasteiger partial charge < -0.3 is 10.5 Å². The second-order valence-electron chi connectivity index (χ2n) is 4.28. The van der Waals surface area contributed by atoms with Gasteiger partial charge in [0.05, 0.1) is 0 Å². The first-order chi connectivity index (χ1) is 7.74. The normalized spacial score (nSPS) is 15.5. The van der Waals surface area contributed by atoms with Crippen LogP contribution in [0.2, 0.25) is 0 Å². The molecule has 0 bridgehead atoms. The number of carbonyl (C=O) groups excluding carboxylic acids is 1. The van der Waals surface area contributed by atoms with Crippen LogP contribution in [0.25, 0.3) is 0 Å². The first-order valence-electron chi connectivity index (χ1n) is 5.78. The van der Waals surface area contributed by atoms with Gasteiger partial charge >= 0.3 is 5.97 Å². The van der Waals surface area contributed by atoms with Crippen LogP contribution in [0.5, 0.6) is 0 Å². The van der Waals surface area contributed by atoms with E-state index in [2.05, 4.69) is 0 Å². The number of hydrogen-bond donors (Lipinski definition) is 1. The zero-order valence-electron chi connectivity index (χ0n) is 9.32. The number of anilines is 1. The summed E-state index contributed by atoms with van der Waals surface area (Å²) in [4.78, 5) is 11.4. The summed E-state index contributed by atoms with van der Waals surface area (Å²) in [6.45, 7) is 0. The number of rotatable bonds is 4. The fraction of sp³-hybridized carbons (Fsp3) is 0.462. The molecule has 16 heavy (non-hydrogen) atoms. The van der Waals surface area contributed by atoms with Gasteiger partial charge in [0.25, 0.3) is 0 Å². The lowest BCUT2D eigenvalue weighted by Crippen LogP contribution is -2.25. The molecule has 3 nitrogen and oxygen atoms in total. The molecule has 0 aliphatic heterocycles. The molecule has 0 spiro atoms. The van der Waals surface area contributed by atoms with Crippen molar-refractivity contribution >= 4 is 11.7 Å². The van der Waals surface area contributed by atoms with Gasteiger partial charge in [0.1, 0.15) is 6.10 Å². The maximum atomic E-state index is 11.4. The Morgan fingerprint density at radius 3 is 2.56 bits per heavy atom. The standard InChI is InChI=1S/C13H17NO2/c14-11-7-4-10(5-8-11)6-9-13(15)16-12-2-1-3-12/h4-5,7-8,12H,1-3,6,9,14H2. The summed E-state index contributed by atoms with van der Waals surface area (Å²) in [5, 5.41) is 0. The van der Waals surface area contributed by atoms with Gasteiger partial charge in [-0.05, 0) is 43.4 Å². The van der Waals surface area contributed by atoms with E-state index in [1.807, 2.05) is 24.3 Å². The van der Waals surface area contributed by atoms with Crippen LogP contribution in [0.15, 0.2) is 24.3 Å². The maximum absolute atomic E-state index is 11.4. The predicted molar refractivity (Wildman–Crippen MR) is 62.9 cm³/mol. The third-order valence-corrected chi connectivity index (χ3v) is 2.95. The molecule has 86 valence electrons. The summed E-state index contributed by atoms with van der Waals surface area (Å²) in [5.74, 6) is -0.0819. The highest BCUT2D eigenvalue weighted by Crippen LogP contribution is 2.22. The maximum Gasteiger partial charge on any atom is 0.306 e. The lowest BCUT2D eigenvalue weighted by Gasteiger charge is -2.25. The lowest BCUT2D eigenvalue weighted by atomic mass is 9.96. The molecular weight excluding hydrogens is 202 g/mol. The van der Waals surface area contributed by atoms with Crippen molar-refractivity contribution in [1.29, 1.82) is 0 Å². The fourth-order valence-electron chi connectivity index (χ4n) is 1.66. The molecule has 1 saturated carbocycles. The van der Waals surface area contributed by atoms with E-state index in [-0.39, 0.29) is 12.1 Å². The molecule has 0 amide bonds. The van der Waals surface area contributed by atoms with E-state index in [9.17, 15) is 4.79 Å². The Balaban J connectivity index is 1.73. The summed E-state index contributed by atoms with van der Waals surface area (Å²) < 4.78 is 5.27. The Labute approximate surface area is 95.6 Å². The van der Waals surface area contributed by atoms with Crippen molar-refractivity contribution in [1.82, 2.24) is 0 Å². The Hall–Kier alpha value is -1.51. The third kappa shape index (κ3) is 2.99. The Kier molecular flexibility index (Phi) is 3.44. The summed E-state index contributed by atoms with van der Waals surface area (Å²) in [6, 6.07) is 7.61. The van der Waals surface area contributed by atoms with Crippen LogP contribution in [0.3, 0.4) is 0 Å². The molecule has 0 unspecified atom stereocenters. The van der Waals surface area contributed by atoms with E-state index < -0.39 is 0 Å². The largest absolute Gasteiger partial charge is 0.462 e. The molecule has 0 atom stereocenters. The number of benzene rings is 1. The van der Waals surface area contributed by atoms with E-state index in [0.29, 0.717) is 6.42 Å². The highest BCUT2D eigenvalue weighted by molar-refractivity contribution is 5.70. The first kappa shape index (κ1) is 11.0. The number of aryl methyl sites for hydroxylation is 1. The van der Waals surface area contributed by atoms with Gasteiger partial charge in [-0.1, -0.05) is 12.1 Å². The molecular formula is C13H17NO2. The van der Waals surface area contributed by atoms with Crippen molar-refractivity contribution in [2.45, 2.75) is 38.2 Å². The molecule has 2 N–H and O–H groups in total. The number of carbonyl (C=O) groups is 1. The predicted octanol–water partition coefficient (Wildman–Crippen LogP) is 2.30. The molecule has 3 heteroatoms. The van der Waals surface area contributed by atoms with Gasteiger partial charge in [-0.25, -0.2) is 0 Å². The fourth-order valence-corrected chi connectivity index (χ4v) is 1.66. The van der Waals surface area contributed by atoms with Gasteiger partial charge in [-0.3, -0.25) is 4.79 Å². The number of hydrogen-bond acceptors (Lipinski definition) is 3. The van der Waals surface area contributed by atoms with Crippen LogP contribution in [-0.4, -0.2) is 12.1 Å². The van der Waals surface area contributed by atoms with Crippen LogP contribution in [0.1, 0.15) is 31.2 Å². The van der Waals surface area contributed by atoms with E-state index in [1.54, 1.807) is 0 Å². The highest BCUT2D eigenvalue weighted by atomic mass is 16.5. The molecule has 0 saturated heterocycles. The zero-order chi connectivity index (χ0) is 11.4. The molecule has 0 aromatic heterocycles. The first-order valence-corrected chi connectivity index (χ1v) is 5.78. The van der Waals surface area contributed by atoms with Gasteiger partial charge in [0.15, 0.2) is 0 Å². The molecule has 0 heterocycles. The number of nitrogens with two attached hydrogens (primary N) is 1. The smallest absolute Gasteiger partial charge is 0.306 e. The second kappa shape index (κ2) is 5.01.